The van der Waals surface area contributed by atoms with Gasteiger partial charge in [-0.3, -0.25) is 14.3 Å². The molecule has 1 amide bonds. The van der Waals surface area contributed by atoms with Gasteiger partial charge in [0, 0.05) is 41.7 Å². The maximum absolute atomic E-state index is 13.0. The van der Waals surface area contributed by atoms with Gasteiger partial charge >= 0.3 is 6.09 Å². The lowest BCUT2D eigenvalue weighted by atomic mass is 10.00. The number of halogens is 1. The fourth-order valence-electron chi connectivity index (χ4n) is 4.36. The van der Waals surface area contributed by atoms with Gasteiger partial charge in [0.1, 0.15) is 35.1 Å². The predicted octanol–water partition coefficient (Wildman–Crippen LogP) is 5.38. The molecule has 1 aromatic carbocycles. The zero-order chi connectivity index (χ0) is 26.3. The first-order valence-corrected chi connectivity index (χ1v) is 12.1. The first-order chi connectivity index (χ1) is 17.6. The molecule has 37 heavy (non-hydrogen) atoms. The first kappa shape index (κ1) is 24.5. The van der Waals surface area contributed by atoms with E-state index in [4.69, 9.17) is 13.9 Å². The molecule has 0 saturated carbocycles. The Morgan fingerprint density at radius 3 is 2.70 bits per heavy atom. The van der Waals surface area contributed by atoms with Crippen LogP contribution in [-0.4, -0.2) is 32.2 Å². The number of pyridine rings is 2. The lowest BCUT2D eigenvalue weighted by molar-refractivity contribution is 0.0132. The largest absolute Gasteiger partial charge is 0.487 e. The number of fused-ring (bicyclic) bond motifs is 3. The van der Waals surface area contributed by atoms with Crippen molar-refractivity contribution in [3.05, 3.63) is 88.0 Å². The molecular weight excluding hydrogens is 477 g/mol. The van der Waals surface area contributed by atoms with E-state index >= 15 is 0 Å². The molecule has 0 spiro atoms. The molecule has 192 valence electrons. The molecule has 0 bridgehead atoms. The van der Waals surface area contributed by atoms with Crippen LogP contribution in [0, 0.1) is 5.82 Å². The molecule has 1 aliphatic rings. The molecule has 3 aromatic heterocycles. The maximum Gasteiger partial charge on any atom is 0.410 e. The van der Waals surface area contributed by atoms with E-state index in [9.17, 15) is 14.0 Å². The molecule has 1 aliphatic heterocycles. The molecule has 9 heteroatoms. The smallest absolute Gasteiger partial charge is 0.410 e. The zero-order valence-corrected chi connectivity index (χ0v) is 21.2. The summed E-state index contributed by atoms with van der Waals surface area (Å²) >= 11 is 0. The molecule has 0 saturated heterocycles. The molecule has 0 unspecified atom stereocenters. The second kappa shape index (κ2) is 9.38. The van der Waals surface area contributed by atoms with Gasteiger partial charge in [0.25, 0.3) is 5.56 Å². The number of nitrogens with zero attached hydrogens (tertiary/aromatic N) is 3. The van der Waals surface area contributed by atoms with Crippen molar-refractivity contribution in [3.63, 3.8) is 0 Å². The van der Waals surface area contributed by atoms with Crippen LogP contribution in [0.1, 0.15) is 44.7 Å². The monoisotopic (exact) mass is 505 g/mol. The molecule has 4 heterocycles. The highest BCUT2D eigenvalue weighted by molar-refractivity contribution is 5.85. The number of aromatic nitrogens is 2. The number of hydrogen-bond donors (Lipinski definition) is 0. The zero-order valence-electron chi connectivity index (χ0n) is 21.2. The van der Waals surface area contributed by atoms with Crippen molar-refractivity contribution >= 4 is 17.1 Å². The fourth-order valence-corrected chi connectivity index (χ4v) is 4.36. The Hall–Kier alpha value is -4.14. The summed E-state index contributed by atoms with van der Waals surface area (Å²) in [5, 5.41) is 0.902. The Labute approximate surface area is 213 Å². The van der Waals surface area contributed by atoms with Crippen molar-refractivity contribution in [3.8, 4) is 11.4 Å². The van der Waals surface area contributed by atoms with E-state index in [1.54, 1.807) is 17.2 Å². The molecule has 0 radical (unpaired) electrons. The summed E-state index contributed by atoms with van der Waals surface area (Å²) in [6, 6.07) is 11.4. The highest BCUT2D eigenvalue weighted by atomic mass is 19.1. The summed E-state index contributed by atoms with van der Waals surface area (Å²) in [5.41, 5.74) is 1.96. The Bertz CT molecular complexity index is 1520. The van der Waals surface area contributed by atoms with Gasteiger partial charge in [-0.15, -0.1) is 0 Å². The van der Waals surface area contributed by atoms with Crippen LogP contribution in [-0.2, 0) is 24.3 Å². The summed E-state index contributed by atoms with van der Waals surface area (Å²) in [5.74, 6) is 0.804. The Morgan fingerprint density at radius 1 is 1.19 bits per heavy atom. The van der Waals surface area contributed by atoms with Crippen molar-refractivity contribution in [1.82, 2.24) is 14.5 Å². The molecule has 8 nitrogen and oxygen atoms in total. The third-order valence-corrected chi connectivity index (χ3v) is 6.17. The van der Waals surface area contributed by atoms with Gasteiger partial charge in [0.05, 0.1) is 24.1 Å². The molecule has 5 rings (SSSR count). The third-order valence-electron chi connectivity index (χ3n) is 6.17. The van der Waals surface area contributed by atoms with Crippen molar-refractivity contribution in [2.75, 3.05) is 0 Å². The number of furan rings is 1. The number of ether oxygens (including phenoxy) is 2. The standard InChI is InChI=1S/C28H28FN3O5/c1-17-11-24-23(15-32(17)27(34)37-28(2,3)4)22-8-7-20(12-25(22)36-24)31-10-9-21(13-26(31)33)35-16-19-6-5-18(29)14-30-19/h5-10,12-14,17H,11,15-16H2,1-4H3/t17-/m1/s1. The summed E-state index contributed by atoms with van der Waals surface area (Å²) in [4.78, 5) is 31.2. The van der Waals surface area contributed by atoms with E-state index in [1.807, 2.05) is 45.9 Å². The average Bonchev–Trinajstić information content (AvgIpc) is 3.18. The van der Waals surface area contributed by atoms with Gasteiger partial charge in [-0.1, -0.05) is 0 Å². The van der Waals surface area contributed by atoms with Crippen LogP contribution in [0.15, 0.2) is 64.1 Å². The van der Waals surface area contributed by atoms with E-state index in [0.717, 1.165) is 22.9 Å². The summed E-state index contributed by atoms with van der Waals surface area (Å²) in [6.45, 7) is 8.04. The van der Waals surface area contributed by atoms with Gasteiger partial charge in [-0.25, -0.2) is 9.18 Å². The van der Waals surface area contributed by atoms with Gasteiger partial charge in [-0.2, -0.15) is 0 Å². The third kappa shape index (κ3) is 5.21. The van der Waals surface area contributed by atoms with Gasteiger partial charge in [0.15, 0.2) is 0 Å². The van der Waals surface area contributed by atoms with E-state index in [1.165, 1.54) is 22.8 Å². The van der Waals surface area contributed by atoms with Crippen molar-refractivity contribution < 1.29 is 23.1 Å². The maximum atomic E-state index is 13.0. The number of amides is 1. The van der Waals surface area contributed by atoms with Crippen LogP contribution < -0.4 is 10.3 Å². The van der Waals surface area contributed by atoms with E-state index in [2.05, 4.69) is 4.98 Å². The highest BCUT2D eigenvalue weighted by Crippen LogP contribution is 2.34. The quantitative estimate of drug-likeness (QED) is 0.370. The number of carbonyl (C=O) groups excluding carboxylic acids is 1. The van der Waals surface area contributed by atoms with Crippen LogP contribution in [0.5, 0.6) is 5.75 Å². The predicted molar refractivity (Wildman–Crippen MR) is 135 cm³/mol. The molecule has 0 fully saturated rings. The van der Waals surface area contributed by atoms with Gasteiger partial charge in [0.2, 0.25) is 0 Å². The van der Waals surface area contributed by atoms with Crippen LogP contribution in [0.25, 0.3) is 16.7 Å². The minimum atomic E-state index is -0.573. The van der Waals surface area contributed by atoms with E-state index < -0.39 is 11.4 Å². The topological polar surface area (TPSA) is 86.8 Å². The summed E-state index contributed by atoms with van der Waals surface area (Å²) in [6.07, 6.45) is 2.98. The minimum absolute atomic E-state index is 0.0670. The molecule has 4 aromatic rings. The van der Waals surface area contributed by atoms with Crippen LogP contribution in [0.2, 0.25) is 0 Å². The summed E-state index contributed by atoms with van der Waals surface area (Å²) < 4.78 is 31.9. The summed E-state index contributed by atoms with van der Waals surface area (Å²) in [7, 11) is 0. The van der Waals surface area contributed by atoms with E-state index in [-0.39, 0.29) is 24.3 Å². The molecule has 1 atom stereocenters. The Kier molecular flexibility index (Phi) is 6.23. The van der Waals surface area contributed by atoms with Crippen LogP contribution in [0.3, 0.4) is 0 Å². The van der Waals surface area contributed by atoms with Crippen LogP contribution in [0.4, 0.5) is 9.18 Å². The van der Waals surface area contributed by atoms with Gasteiger partial charge in [-0.05, 0) is 58.0 Å². The van der Waals surface area contributed by atoms with E-state index in [0.29, 0.717) is 35.7 Å². The number of hydrogen-bond acceptors (Lipinski definition) is 6. The Morgan fingerprint density at radius 2 is 2.00 bits per heavy atom. The molecule has 0 aliphatic carbocycles. The number of rotatable bonds is 4. The average molecular weight is 506 g/mol. The van der Waals surface area contributed by atoms with Crippen molar-refractivity contribution in [1.29, 1.82) is 0 Å². The number of carbonyl (C=O) groups is 1. The SMILES string of the molecule is C[C@@H]1Cc2oc3cc(-n4ccc(OCc5ccc(F)cn5)cc4=O)ccc3c2CN1C(=O)OC(C)(C)C. The van der Waals surface area contributed by atoms with Crippen molar-refractivity contribution in [2.24, 2.45) is 0 Å². The highest BCUT2D eigenvalue weighted by Gasteiger charge is 2.33. The molecule has 0 N–H and O–H groups in total. The van der Waals surface area contributed by atoms with Gasteiger partial charge < -0.3 is 18.8 Å². The van der Waals surface area contributed by atoms with Crippen LogP contribution >= 0.6 is 0 Å². The number of benzene rings is 1. The second-order valence-corrected chi connectivity index (χ2v) is 10.2. The lowest BCUT2D eigenvalue weighted by Gasteiger charge is -2.34. The lowest BCUT2D eigenvalue weighted by Crippen LogP contribution is -2.44. The minimum Gasteiger partial charge on any atom is -0.487 e. The normalized spacial score (nSPS) is 15.5. The second-order valence-electron chi connectivity index (χ2n) is 10.2. The van der Waals surface area contributed by atoms with Crippen molar-refractivity contribution in [2.45, 2.75) is 58.9 Å². The first-order valence-electron chi connectivity index (χ1n) is 12.1. The molecular formula is C28H28FN3O5. The Balaban J connectivity index is 1.36. The fraction of sp³-hybridized carbons (Fsp3) is 0.321.